The molecule has 0 bridgehead atoms. The van der Waals surface area contributed by atoms with Crippen molar-refractivity contribution in [2.45, 2.75) is 38.0 Å². The number of aromatic nitrogens is 1. The Morgan fingerprint density at radius 3 is 2.44 bits per heavy atom. The van der Waals surface area contributed by atoms with E-state index in [1.165, 1.54) is 13.3 Å². The Morgan fingerprint density at radius 2 is 1.96 bits per heavy atom. The lowest BCUT2D eigenvalue weighted by atomic mass is 9.89. The molecule has 0 amide bonds. The highest BCUT2D eigenvalue weighted by Gasteiger charge is 2.60. The number of alkyl halides is 2. The molecule has 1 saturated carbocycles. The standard InChI is InChI=1S/C19H19F2NO3/c1-12-10-14(19(8-9-19)18(2,20)21)5-6-15(12)25-16-7-4-13(11-22-16)17(23)24-3/h4-7,10-11H,8-9H2,1-3H3. The fourth-order valence-electron chi connectivity index (χ4n) is 2.96. The molecule has 1 aliphatic rings. The lowest BCUT2D eigenvalue weighted by Crippen LogP contribution is -2.30. The van der Waals surface area contributed by atoms with E-state index in [-0.39, 0.29) is 0 Å². The number of nitrogens with zero attached hydrogens (tertiary/aromatic N) is 1. The average molecular weight is 347 g/mol. The normalized spacial score (nSPS) is 15.6. The molecule has 1 aromatic heterocycles. The first kappa shape index (κ1) is 17.3. The molecule has 25 heavy (non-hydrogen) atoms. The van der Waals surface area contributed by atoms with Gasteiger partial charge in [-0.3, -0.25) is 0 Å². The summed E-state index contributed by atoms with van der Waals surface area (Å²) in [6, 6.07) is 8.24. The van der Waals surface area contributed by atoms with Gasteiger partial charge in [-0.2, -0.15) is 0 Å². The van der Waals surface area contributed by atoms with E-state index in [4.69, 9.17) is 4.74 Å². The van der Waals surface area contributed by atoms with E-state index >= 15 is 0 Å². The molecule has 3 rings (SSSR count). The van der Waals surface area contributed by atoms with Gasteiger partial charge in [-0.25, -0.2) is 18.6 Å². The van der Waals surface area contributed by atoms with Crippen molar-refractivity contribution in [3.8, 4) is 11.6 Å². The number of hydrogen-bond acceptors (Lipinski definition) is 4. The first-order valence-corrected chi connectivity index (χ1v) is 7.98. The van der Waals surface area contributed by atoms with Crippen LogP contribution in [0.3, 0.4) is 0 Å². The van der Waals surface area contributed by atoms with E-state index in [0.29, 0.717) is 35.6 Å². The Kier molecular flexibility index (Phi) is 4.22. The van der Waals surface area contributed by atoms with Crippen LogP contribution in [-0.2, 0) is 10.2 Å². The lowest BCUT2D eigenvalue weighted by Gasteiger charge is -2.24. The van der Waals surface area contributed by atoms with Gasteiger partial charge in [0.2, 0.25) is 5.88 Å². The van der Waals surface area contributed by atoms with Crippen molar-refractivity contribution in [3.05, 3.63) is 53.2 Å². The van der Waals surface area contributed by atoms with Gasteiger partial charge in [-0.15, -0.1) is 0 Å². The van der Waals surface area contributed by atoms with Crippen molar-refractivity contribution in [2.24, 2.45) is 0 Å². The summed E-state index contributed by atoms with van der Waals surface area (Å²) in [5, 5.41) is 0. The zero-order chi connectivity index (χ0) is 18.2. The summed E-state index contributed by atoms with van der Waals surface area (Å²) in [6.45, 7) is 2.79. The zero-order valence-electron chi connectivity index (χ0n) is 14.3. The van der Waals surface area contributed by atoms with Crippen LogP contribution in [0.5, 0.6) is 11.6 Å². The van der Waals surface area contributed by atoms with Gasteiger partial charge in [-0.05, 0) is 43.0 Å². The number of carbonyl (C=O) groups is 1. The fourth-order valence-corrected chi connectivity index (χ4v) is 2.96. The molecule has 4 nitrogen and oxygen atoms in total. The van der Waals surface area contributed by atoms with E-state index in [1.54, 1.807) is 30.3 Å². The Morgan fingerprint density at radius 1 is 1.24 bits per heavy atom. The number of methoxy groups -OCH3 is 1. The quantitative estimate of drug-likeness (QED) is 0.739. The van der Waals surface area contributed by atoms with Crippen LogP contribution < -0.4 is 4.74 Å². The van der Waals surface area contributed by atoms with Crippen LogP contribution in [0.25, 0.3) is 0 Å². The van der Waals surface area contributed by atoms with Crippen molar-refractivity contribution < 1.29 is 23.0 Å². The summed E-state index contributed by atoms with van der Waals surface area (Å²) in [6.07, 6.45) is 2.35. The summed E-state index contributed by atoms with van der Waals surface area (Å²) < 4.78 is 38.1. The van der Waals surface area contributed by atoms with Crippen LogP contribution in [0.1, 0.15) is 41.3 Å². The number of aryl methyl sites for hydroxylation is 1. The van der Waals surface area contributed by atoms with Crippen molar-refractivity contribution in [1.82, 2.24) is 4.98 Å². The molecule has 132 valence electrons. The predicted octanol–water partition coefficient (Wildman–Crippen LogP) is 4.66. The van der Waals surface area contributed by atoms with E-state index in [9.17, 15) is 13.6 Å². The number of benzene rings is 1. The summed E-state index contributed by atoms with van der Waals surface area (Å²) >= 11 is 0. The molecule has 1 fully saturated rings. The molecule has 0 unspecified atom stereocenters. The Bertz CT molecular complexity index is 793. The van der Waals surface area contributed by atoms with Crippen LogP contribution >= 0.6 is 0 Å². The third-order valence-corrected chi connectivity index (χ3v) is 4.69. The zero-order valence-corrected chi connectivity index (χ0v) is 14.3. The van der Waals surface area contributed by atoms with Crippen LogP contribution in [0.2, 0.25) is 0 Å². The third-order valence-electron chi connectivity index (χ3n) is 4.69. The van der Waals surface area contributed by atoms with Gasteiger partial charge in [0.25, 0.3) is 5.92 Å². The first-order valence-electron chi connectivity index (χ1n) is 7.98. The molecule has 6 heteroatoms. The molecule has 1 aromatic carbocycles. The van der Waals surface area contributed by atoms with Gasteiger partial charge >= 0.3 is 5.97 Å². The Hall–Kier alpha value is -2.50. The summed E-state index contributed by atoms with van der Waals surface area (Å²) in [5.41, 5.74) is 0.671. The maximum atomic E-state index is 13.9. The van der Waals surface area contributed by atoms with Crippen LogP contribution in [0.4, 0.5) is 8.78 Å². The van der Waals surface area contributed by atoms with Crippen molar-refractivity contribution in [3.63, 3.8) is 0 Å². The molecular weight excluding hydrogens is 328 g/mol. The minimum atomic E-state index is -2.74. The lowest BCUT2D eigenvalue weighted by molar-refractivity contribution is -0.0200. The number of rotatable bonds is 5. The molecule has 0 spiro atoms. The molecule has 0 saturated heterocycles. The topological polar surface area (TPSA) is 48.4 Å². The van der Waals surface area contributed by atoms with Gasteiger partial charge in [0.1, 0.15) is 5.75 Å². The number of ether oxygens (including phenoxy) is 2. The van der Waals surface area contributed by atoms with Crippen LogP contribution in [-0.4, -0.2) is 24.0 Å². The summed E-state index contributed by atoms with van der Waals surface area (Å²) in [4.78, 5) is 15.5. The van der Waals surface area contributed by atoms with E-state index < -0.39 is 17.3 Å². The van der Waals surface area contributed by atoms with E-state index in [2.05, 4.69) is 9.72 Å². The van der Waals surface area contributed by atoms with Gasteiger partial charge in [-0.1, -0.05) is 12.1 Å². The molecule has 1 aliphatic carbocycles. The largest absolute Gasteiger partial charge is 0.465 e. The van der Waals surface area contributed by atoms with Gasteiger partial charge in [0, 0.05) is 19.2 Å². The van der Waals surface area contributed by atoms with Crippen molar-refractivity contribution in [1.29, 1.82) is 0 Å². The number of halogens is 2. The molecular formula is C19H19F2NO3. The highest BCUT2D eigenvalue weighted by atomic mass is 19.3. The maximum Gasteiger partial charge on any atom is 0.339 e. The Labute approximate surface area is 144 Å². The monoisotopic (exact) mass is 347 g/mol. The minimum absolute atomic E-state index is 0.311. The molecule has 0 N–H and O–H groups in total. The minimum Gasteiger partial charge on any atom is -0.465 e. The molecule has 2 aromatic rings. The summed E-state index contributed by atoms with van der Waals surface area (Å²) in [5.74, 6) is -2.37. The molecule has 0 radical (unpaired) electrons. The SMILES string of the molecule is COC(=O)c1ccc(Oc2ccc(C3(C(C)(F)F)CC3)cc2C)nc1. The first-order chi connectivity index (χ1) is 11.8. The number of pyridine rings is 1. The van der Waals surface area contributed by atoms with Crippen molar-refractivity contribution >= 4 is 5.97 Å². The number of carbonyl (C=O) groups excluding carboxylic acids is 1. The number of esters is 1. The van der Waals surface area contributed by atoms with E-state index in [0.717, 1.165) is 12.5 Å². The highest BCUT2D eigenvalue weighted by molar-refractivity contribution is 5.88. The second-order valence-corrected chi connectivity index (χ2v) is 6.43. The van der Waals surface area contributed by atoms with Crippen LogP contribution in [0, 0.1) is 6.92 Å². The maximum absolute atomic E-state index is 13.9. The smallest absolute Gasteiger partial charge is 0.339 e. The molecule has 1 heterocycles. The van der Waals surface area contributed by atoms with Crippen LogP contribution in [0.15, 0.2) is 36.5 Å². The second-order valence-electron chi connectivity index (χ2n) is 6.43. The van der Waals surface area contributed by atoms with Gasteiger partial charge < -0.3 is 9.47 Å². The number of hydrogen-bond donors (Lipinski definition) is 0. The summed E-state index contributed by atoms with van der Waals surface area (Å²) in [7, 11) is 1.30. The molecule has 0 atom stereocenters. The van der Waals surface area contributed by atoms with Gasteiger partial charge in [0.15, 0.2) is 0 Å². The predicted molar refractivity (Wildman–Crippen MR) is 88.4 cm³/mol. The molecule has 0 aliphatic heterocycles. The average Bonchev–Trinajstić information content (AvgIpc) is 3.38. The Balaban J connectivity index is 1.79. The van der Waals surface area contributed by atoms with Crippen molar-refractivity contribution in [2.75, 3.05) is 7.11 Å². The third kappa shape index (κ3) is 3.21. The highest BCUT2D eigenvalue weighted by Crippen LogP contribution is 2.58. The van der Waals surface area contributed by atoms with E-state index in [1.807, 2.05) is 6.92 Å². The fraction of sp³-hybridized carbons (Fsp3) is 0.368. The van der Waals surface area contributed by atoms with Gasteiger partial charge in [0.05, 0.1) is 18.1 Å². The second kappa shape index (κ2) is 6.10.